The highest BCUT2D eigenvalue weighted by Crippen LogP contribution is 2.34. The van der Waals surface area contributed by atoms with Gasteiger partial charge in [-0.3, -0.25) is 4.79 Å². The first-order valence-corrected chi connectivity index (χ1v) is 7.46. The molecule has 2 nitrogen and oxygen atoms in total. The van der Waals surface area contributed by atoms with Crippen LogP contribution in [0.5, 0.6) is 0 Å². The summed E-state index contributed by atoms with van der Waals surface area (Å²) in [6.45, 7) is 6.88. The number of ether oxygens (including phenoxy) is 1. The van der Waals surface area contributed by atoms with E-state index >= 15 is 0 Å². The number of hydrogen-bond donors (Lipinski definition) is 0. The first-order chi connectivity index (χ1) is 9.58. The van der Waals surface area contributed by atoms with Gasteiger partial charge in [-0.25, -0.2) is 0 Å². The van der Waals surface area contributed by atoms with Crippen molar-refractivity contribution in [1.82, 2.24) is 0 Å². The Balaban J connectivity index is 1.86. The van der Waals surface area contributed by atoms with Crippen LogP contribution < -0.4 is 0 Å². The van der Waals surface area contributed by atoms with Crippen molar-refractivity contribution in [2.75, 3.05) is 6.61 Å². The summed E-state index contributed by atoms with van der Waals surface area (Å²) < 4.78 is 5.49. The summed E-state index contributed by atoms with van der Waals surface area (Å²) in [6.07, 6.45) is 4.00. The van der Waals surface area contributed by atoms with E-state index in [0.717, 1.165) is 12.8 Å². The third-order valence-corrected chi connectivity index (χ3v) is 4.12. The maximum Gasteiger partial charge on any atom is 0.309 e. The third kappa shape index (κ3) is 3.72. The lowest BCUT2D eigenvalue weighted by Crippen LogP contribution is -2.32. The van der Waals surface area contributed by atoms with Gasteiger partial charge < -0.3 is 4.74 Å². The van der Waals surface area contributed by atoms with Crippen molar-refractivity contribution in [1.29, 1.82) is 0 Å². The minimum atomic E-state index is -0.0373. The Morgan fingerprint density at radius 2 is 1.95 bits per heavy atom. The van der Waals surface area contributed by atoms with Crippen LogP contribution in [0.15, 0.2) is 42.0 Å². The van der Waals surface area contributed by atoms with Gasteiger partial charge in [0.2, 0.25) is 0 Å². The molecule has 20 heavy (non-hydrogen) atoms. The van der Waals surface area contributed by atoms with E-state index in [1.807, 2.05) is 18.2 Å². The quantitative estimate of drug-likeness (QED) is 0.611. The average molecular weight is 272 g/mol. The lowest BCUT2D eigenvalue weighted by molar-refractivity contribution is -0.152. The van der Waals surface area contributed by atoms with E-state index in [2.05, 4.69) is 39.0 Å². The summed E-state index contributed by atoms with van der Waals surface area (Å²) in [7, 11) is 0. The molecule has 0 radical (unpaired) electrons. The van der Waals surface area contributed by atoms with Crippen LogP contribution in [0.3, 0.4) is 0 Å². The standard InChI is InChI=1S/C18H24O2/c1-13-11-14(2)17(15(3)12-13)18(19)20-10-9-16-7-5-4-6-8-16/h4-8,11,14-15,17H,9-10,12H2,1-3H3. The molecule has 0 saturated heterocycles. The predicted octanol–water partition coefficient (Wildman–Crippen LogP) is 4.01. The largest absolute Gasteiger partial charge is 0.465 e. The topological polar surface area (TPSA) is 26.3 Å². The van der Waals surface area contributed by atoms with Gasteiger partial charge in [0.05, 0.1) is 12.5 Å². The van der Waals surface area contributed by atoms with Crippen molar-refractivity contribution in [2.45, 2.75) is 33.6 Å². The first kappa shape index (κ1) is 14.8. The SMILES string of the molecule is CC1=CC(C)C(C(=O)OCCc2ccccc2)C(C)C1. The van der Waals surface area contributed by atoms with E-state index in [0.29, 0.717) is 12.5 Å². The van der Waals surface area contributed by atoms with Crippen LogP contribution in [0.4, 0.5) is 0 Å². The number of hydrogen-bond acceptors (Lipinski definition) is 2. The molecule has 3 unspecified atom stereocenters. The maximum absolute atomic E-state index is 12.3. The van der Waals surface area contributed by atoms with Gasteiger partial charge in [0, 0.05) is 6.42 Å². The van der Waals surface area contributed by atoms with Crippen LogP contribution in [0.2, 0.25) is 0 Å². The van der Waals surface area contributed by atoms with Gasteiger partial charge in [0.1, 0.15) is 0 Å². The van der Waals surface area contributed by atoms with Gasteiger partial charge in [-0.2, -0.15) is 0 Å². The van der Waals surface area contributed by atoms with E-state index in [-0.39, 0.29) is 17.8 Å². The monoisotopic (exact) mass is 272 g/mol. The van der Waals surface area contributed by atoms with Crippen molar-refractivity contribution in [3.8, 4) is 0 Å². The lowest BCUT2D eigenvalue weighted by Gasteiger charge is -2.31. The van der Waals surface area contributed by atoms with Crippen molar-refractivity contribution >= 4 is 5.97 Å². The smallest absolute Gasteiger partial charge is 0.309 e. The Hall–Kier alpha value is -1.57. The second kappa shape index (κ2) is 6.74. The van der Waals surface area contributed by atoms with Crippen LogP contribution in [0.25, 0.3) is 0 Å². The summed E-state index contributed by atoms with van der Waals surface area (Å²) in [5.41, 5.74) is 2.60. The highest BCUT2D eigenvalue weighted by molar-refractivity contribution is 5.73. The van der Waals surface area contributed by atoms with Gasteiger partial charge in [-0.05, 0) is 30.7 Å². The molecule has 0 spiro atoms. The van der Waals surface area contributed by atoms with Gasteiger partial charge in [-0.1, -0.05) is 55.8 Å². The highest BCUT2D eigenvalue weighted by atomic mass is 16.5. The van der Waals surface area contributed by atoms with Crippen molar-refractivity contribution in [3.63, 3.8) is 0 Å². The number of rotatable bonds is 4. The molecule has 0 saturated carbocycles. The molecular formula is C18H24O2. The van der Waals surface area contributed by atoms with Crippen LogP contribution in [-0.4, -0.2) is 12.6 Å². The van der Waals surface area contributed by atoms with Crippen LogP contribution >= 0.6 is 0 Å². The molecule has 3 atom stereocenters. The molecule has 2 heteroatoms. The van der Waals surface area contributed by atoms with Crippen LogP contribution in [0.1, 0.15) is 32.8 Å². The summed E-state index contributed by atoms with van der Waals surface area (Å²) in [6, 6.07) is 10.1. The number of benzene rings is 1. The molecule has 0 heterocycles. The molecule has 1 aromatic carbocycles. The zero-order valence-corrected chi connectivity index (χ0v) is 12.6. The highest BCUT2D eigenvalue weighted by Gasteiger charge is 2.33. The van der Waals surface area contributed by atoms with E-state index < -0.39 is 0 Å². The normalized spacial score (nSPS) is 25.9. The Labute approximate surface area is 121 Å². The van der Waals surface area contributed by atoms with E-state index in [4.69, 9.17) is 4.74 Å². The molecular weight excluding hydrogens is 248 g/mol. The van der Waals surface area contributed by atoms with Crippen molar-refractivity contribution < 1.29 is 9.53 Å². The minimum Gasteiger partial charge on any atom is -0.465 e. The van der Waals surface area contributed by atoms with Crippen LogP contribution in [-0.2, 0) is 16.0 Å². The van der Waals surface area contributed by atoms with Gasteiger partial charge in [-0.15, -0.1) is 0 Å². The fourth-order valence-corrected chi connectivity index (χ4v) is 3.23. The maximum atomic E-state index is 12.3. The van der Waals surface area contributed by atoms with Gasteiger partial charge in [0.15, 0.2) is 0 Å². The minimum absolute atomic E-state index is 0.00877. The Morgan fingerprint density at radius 3 is 2.60 bits per heavy atom. The Morgan fingerprint density at radius 1 is 1.25 bits per heavy atom. The number of esters is 1. The lowest BCUT2D eigenvalue weighted by atomic mass is 9.75. The van der Waals surface area contributed by atoms with Gasteiger partial charge in [0.25, 0.3) is 0 Å². The molecule has 1 aliphatic carbocycles. The molecule has 0 aliphatic heterocycles. The van der Waals surface area contributed by atoms with Gasteiger partial charge >= 0.3 is 5.97 Å². The van der Waals surface area contributed by atoms with Crippen molar-refractivity contribution in [3.05, 3.63) is 47.5 Å². The number of allylic oxidation sites excluding steroid dienone is 2. The molecule has 1 aromatic rings. The number of carbonyl (C=O) groups excluding carboxylic acids is 1. The van der Waals surface area contributed by atoms with E-state index in [1.165, 1.54) is 11.1 Å². The Bertz CT molecular complexity index is 475. The summed E-state index contributed by atoms with van der Waals surface area (Å²) in [4.78, 5) is 12.3. The summed E-state index contributed by atoms with van der Waals surface area (Å²) in [5, 5.41) is 0. The zero-order valence-electron chi connectivity index (χ0n) is 12.6. The second-order valence-electron chi connectivity index (χ2n) is 5.98. The van der Waals surface area contributed by atoms with Crippen molar-refractivity contribution in [2.24, 2.45) is 17.8 Å². The second-order valence-corrected chi connectivity index (χ2v) is 5.98. The van der Waals surface area contributed by atoms with Crippen LogP contribution in [0, 0.1) is 17.8 Å². The molecule has 0 amide bonds. The molecule has 0 bridgehead atoms. The molecule has 0 N–H and O–H groups in total. The third-order valence-electron chi connectivity index (χ3n) is 4.12. The molecule has 0 fully saturated rings. The molecule has 108 valence electrons. The molecule has 2 rings (SSSR count). The number of carbonyl (C=O) groups is 1. The summed E-state index contributed by atoms with van der Waals surface area (Å²) in [5.74, 6) is 0.626. The predicted molar refractivity (Wildman–Crippen MR) is 81.3 cm³/mol. The van der Waals surface area contributed by atoms with E-state index in [1.54, 1.807) is 0 Å². The molecule has 0 aromatic heterocycles. The fourth-order valence-electron chi connectivity index (χ4n) is 3.23. The molecule has 1 aliphatic rings. The van der Waals surface area contributed by atoms with E-state index in [9.17, 15) is 4.79 Å². The zero-order chi connectivity index (χ0) is 14.5. The fraction of sp³-hybridized carbons (Fsp3) is 0.500. The first-order valence-electron chi connectivity index (χ1n) is 7.46. The Kier molecular flexibility index (Phi) is 4.99. The summed E-state index contributed by atoms with van der Waals surface area (Å²) >= 11 is 0. The average Bonchev–Trinajstić information content (AvgIpc) is 2.38.